The van der Waals surface area contributed by atoms with E-state index in [1.165, 1.54) is 4.31 Å². The lowest BCUT2D eigenvalue weighted by molar-refractivity contribution is 0.184. The third-order valence-electron chi connectivity index (χ3n) is 2.04. The van der Waals surface area contributed by atoms with Gasteiger partial charge in [0.2, 0.25) is 10.0 Å². The Bertz CT molecular complexity index is 241. The molecule has 86 valence electrons. The zero-order valence-corrected chi connectivity index (χ0v) is 10.1. The van der Waals surface area contributed by atoms with E-state index in [-0.39, 0.29) is 0 Å². The van der Waals surface area contributed by atoms with Crippen LogP contribution in [0.4, 0.5) is 0 Å². The Kier molecular flexibility index (Phi) is 6.26. The number of likely N-dealkylation sites (N-methyl/N-ethyl adjacent to an activating group) is 1. The third-order valence-corrected chi connectivity index (χ3v) is 4.28. The fraction of sp³-hybridized carbons (Fsp3) is 1.00. The predicted octanol–water partition coefficient (Wildman–Crippen LogP) is -0.498. The lowest BCUT2D eigenvalue weighted by Crippen LogP contribution is -2.40. The number of nitrogens with one attached hydrogen (secondary N) is 1. The van der Waals surface area contributed by atoms with Gasteiger partial charge in [-0.2, -0.15) is 0 Å². The molecular formula is C8H20N2O3S. The van der Waals surface area contributed by atoms with Gasteiger partial charge in [0.05, 0.1) is 11.9 Å². The molecule has 0 heterocycles. The van der Waals surface area contributed by atoms with Crippen molar-refractivity contribution in [3.63, 3.8) is 0 Å². The molecular weight excluding hydrogens is 204 g/mol. The van der Waals surface area contributed by atoms with E-state index in [1.54, 1.807) is 28.1 Å². The number of sulfonamides is 1. The van der Waals surface area contributed by atoms with Crippen molar-refractivity contribution in [3.05, 3.63) is 0 Å². The maximum absolute atomic E-state index is 11.8. The van der Waals surface area contributed by atoms with Crippen molar-refractivity contribution in [2.75, 3.05) is 40.9 Å². The second-order valence-corrected chi connectivity index (χ2v) is 5.69. The van der Waals surface area contributed by atoms with Gasteiger partial charge in [0.1, 0.15) is 0 Å². The lowest BCUT2D eigenvalue weighted by atomic mass is 10.5. The van der Waals surface area contributed by atoms with Crippen LogP contribution in [0.2, 0.25) is 0 Å². The fourth-order valence-electron chi connectivity index (χ4n) is 1.05. The highest BCUT2D eigenvalue weighted by Gasteiger charge is 2.24. The van der Waals surface area contributed by atoms with Crippen molar-refractivity contribution in [3.8, 4) is 0 Å². The van der Waals surface area contributed by atoms with Crippen LogP contribution < -0.4 is 5.32 Å². The van der Waals surface area contributed by atoms with Crippen LogP contribution in [0.25, 0.3) is 0 Å². The van der Waals surface area contributed by atoms with Gasteiger partial charge in [-0.15, -0.1) is 0 Å². The average molecular weight is 224 g/mol. The van der Waals surface area contributed by atoms with Crippen molar-refractivity contribution < 1.29 is 13.2 Å². The predicted molar refractivity (Wildman–Crippen MR) is 56.8 cm³/mol. The summed E-state index contributed by atoms with van der Waals surface area (Å²) >= 11 is 0. The Balaban J connectivity index is 4.29. The van der Waals surface area contributed by atoms with Crippen LogP contribution in [0.1, 0.15) is 6.92 Å². The SMILES string of the molecule is CNCC(C)S(=O)(=O)N(C)CCOC. The van der Waals surface area contributed by atoms with Gasteiger partial charge in [-0.3, -0.25) is 0 Å². The van der Waals surface area contributed by atoms with Gasteiger partial charge in [-0.1, -0.05) is 0 Å². The molecule has 0 aromatic rings. The van der Waals surface area contributed by atoms with Gasteiger partial charge in [-0.05, 0) is 14.0 Å². The normalized spacial score (nSPS) is 14.6. The molecule has 0 radical (unpaired) electrons. The molecule has 0 aromatic carbocycles. The van der Waals surface area contributed by atoms with Crippen LogP contribution >= 0.6 is 0 Å². The van der Waals surface area contributed by atoms with Crippen LogP contribution in [0.3, 0.4) is 0 Å². The molecule has 0 aromatic heterocycles. The van der Waals surface area contributed by atoms with Crippen molar-refractivity contribution in [1.82, 2.24) is 9.62 Å². The topological polar surface area (TPSA) is 58.6 Å². The largest absolute Gasteiger partial charge is 0.383 e. The second kappa shape index (κ2) is 6.34. The Morgan fingerprint density at radius 3 is 2.50 bits per heavy atom. The number of hydrogen-bond donors (Lipinski definition) is 1. The van der Waals surface area contributed by atoms with E-state index in [0.717, 1.165) is 0 Å². The van der Waals surface area contributed by atoms with Crippen LogP contribution in [0, 0.1) is 0 Å². The minimum atomic E-state index is -3.18. The molecule has 1 N–H and O–H groups in total. The van der Waals surface area contributed by atoms with Crippen LogP contribution in [0.15, 0.2) is 0 Å². The van der Waals surface area contributed by atoms with Crippen LogP contribution in [0.5, 0.6) is 0 Å². The molecule has 1 atom stereocenters. The molecule has 0 rings (SSSR count). The van der Waals surface area contributed by atoms with Gasteiger partial charge in [0.15, 0.2) is 0 Å². The van der Waals surface area contributed by atoms with Crippen molar-refractivity contribution in [2.24, 2.45) is 0 Å². The molecule has 0 saturated heterocycles. The van der Waals surface area contributed by atoms with Gasteiger partial charge in [0, 0.05) is 27.2 Å². The van der Waals surface area contributed by atoms with Crippen molar-refractivity contribution in [1.29, 1.82) is 0 Å². The summed E-state index contributed by atoms with van der Waals surface area (Å²) in [6, 6.07) is 0. The zero-order chi connectivity index (χ0) is 11.2. The number of hydrogen-bond acceptors (Lipinski definition) is 4. The highest BCUT2D eigenvalue weighted by molar-refractivity contribution is 7.89. The molecule has 0 amide bonds. The minimum absolute atomic E-state index is 0.396. The van der Waals surface area contributed by atoms with Crippen LogP contribution in [-0.4, -0.2) is 58.9 Å². The maximum Gasteiger partial charge on any atom is 0.217 e. The van der Waals surface area contributed by atoms with Crippen molar-refractivity contribution in [2.45, 2.75) is 12.2 Å². The van der Waals surface area contributed by atoms with E-state index in [0.29, 0.717) is 19.7 Å². The summed E-state index contributed by atoms with van der Waals surface area (Å²) in [6.45, 7) is 2.96. The monoisotopic (exact) mass is 224 g/mol. The molecule has 0 aliphatic heterocycles. The zero-order valence-electron chi connectivity index (χ0n) is 9.28. The smallest absolute Gasteiger partial charge is 0.217 e. The molecule has 5 nitrogen and oxygen atoms in total. The summed E-state index contributed by atoms with van der Waals surface area (Å²) in [5, 5.41) is 2.44. The molecule has 14 heavy (non-hydrogen) atoms. The van der Waals surface area contributed by atoms with E-state index in [4.69, 9.17) is 4.74 Å². The summed E-state index contributed by atoms with van der Waals surface area (Å²) in [5.41, 5.74) is 0. The van der Waals surface area contributed by atoms with E-state index in [9.17, 15) is 8.42 Å². The molecule has 0 fully saturated rings. The number of methoxy groups -OCH3 is 1. The fourth-order valence-corrected chi connectivity index (χ4v) is 2.37. The highest BCUT2D eigenvalue weighted by atomic mass is 32.2. The summed E-state index contributed by atoms with van der Waals surface area (Å²) in [7, 11) is 1.68. The maximum atomic E-state index is 11.8. The standard InChI is InChI=1S/C8H20N2O3S/c1-8(7-9-2)14(11,12)10(3)5-6-13-4/h8-9H,5-7H2,1-4H3. The summed E-state index contributed by atoms with van der Waals surface area (Å²) < 4.78 is 29.7. The summed E-state index contributed by atoms with van der Waals surface area (Å²) in [5.74, 6) is 0. The Hall–Kier alpha value is -0.170. The molecule has 1 unspecified atom stereocenters. The van der Waals surface area contributed by atoms with Gasteiger partial charge >= 0.3 is 0 Å². The van der Waals surface area contributed by atoms with Gasteiger partial charge < -0.3 is 10.1 Å². The van der Waals surface area contributed by atoms with E-state index in [1.807, 2.05) is 0 Å². The van der Waals surface area contributed by atoms with E-state index in [2.05, 4.69) is 5.32 Å². The van der Waals surface area contributed by atoms with Crippen molar-refractivity contribution >= 4 is 10.0 Å². The minimum Gasteiger partial charge on any atom is -0.383 e. The Labute approximate surface area is 86.5 Å². The first-order valence-corrected chi connectivity index (χ1v) is 6.05. The number of rotatable bonds is 7. The molecule has 0 bridgehead atoms. The number of ether oxygens (including phenoxy) is 1. The first-order chi connectivity index (χ1) is 6.46. The lowest BCUT2D eigenvalue weighted by Gasteiger charge is -2.21. The first kappa shape index (κ1) is 13.8. The van der Waals surface area contributed by atoms with Gasteiger partial charge in [0.25, 0.3) is 0 Å². The number of nitrogens with zero attached hydrogens (tertiary/aromatic N) is 1. The van der Waals surface area contributed by atoms with Crippen LogP contribution in [-0.2, 0) is 14.8 Å². The van der Waals surface area contributed by atoms with E-state index >= 15 is 0 Å². The average Bonchev–Trinajstić information content (AvgIpc) is 2.14. The molecule has 0 saturated carbocycles. The Morgan fingerprint density at radius 1 is 1.50 bits per heavy atom. The first-order valence-electron chi connectivity index (χ1n) is 4.55. The summed E-state index contributed by atoms with van der Waals surface area (Å²) in [6.07, 6.45) is 0. The quantitative estimate of drug-likeness (QED) is 0.633. The second-order valence-electron chi connectivity index (χ2n) is 3.23. The molecule has 0 aliphatic rings. The highest BCUT2D eigenvalue weighted by Crippen LogP contribution is 2.05. The molecule has 6 heteroatoms. The Morgan fingerprint density at radius 2 is 2.07 bits per heavy atom. The van der Waals surface area contributed by atoms with E-state index < -0.39 is 15.3 Å². The van der Waals surface area contributed by atoms with Gasteiger partial charge in [-0.25, -0.2) is 12.7 Å². The summed E-state index contributed by atoms with van der Waals surface area (Å²) in [4.78, 5) is 0. The third kappa shape index (κ3) is 3.91. The molecule has 0 spiro atoms. The molecule has 0 aliphatic carbocycles.